The second-order valence-corrected chi connectivity index (χ2v) is 5.64. The van der Waals surface area contributed by atoms with E-state index in [4.69, 9.17) is 4.74 Å². The number of esters is 1. The van der Waals surface area contributed by atoms with Gasteiger partial charge in [-0.15, -0.1) is 0 Å². The van der Waals surface area contributed by atoms with E-state index < -0.39 is 0 Å². The Hall–Kier alpha value is -0.830. The zero-order chi connectivity index (χ0) is 12.4. The highest BCUT2D eigenvalue weighted by Gasteiger charge is 2.44. The third-order valence-corrected chi connectivity index (χ3v) is 4.24. The average molecular weight is 297 g/mol. The fraction of sp³-hybridized carbons (Fsp3) is 0.500. The lowest BCUT2D eigenvalue weighted by atomic mass is 9.95. The first kappa shape index (κ1) is 12.6. The van der Waals surface area contributed by atoms with Crippen LogP contribution >= 0.6 is 15.9 Å². The van der Waals surface area contributed by atoms with Crippen molar-refractivity contribution in [1.82, 2.24) is 0 Å². The van der Waals surface area contributed by atoms with E-state index in [2.05, 4.69) is 41.1 Å². The van der Waals surface area contributed by atoms with E-state index in [0.717, 1.165) is 17.3 Å². The van der Waals surface area contributed by atoms with Crippen LogP contribution < -0.4 is 0 Å². The van der Waals surface area contributed by atoms with Gasteiger partial charge in [0.2, 0.25) is 0 Å². The molecule has 92 valence electrons. The smallest absolute Gasteiger partial charge is 0.308 e. The van der Waals surface area contributed by atoms with Crippen LogP contribution in [0.15, 0.2) is 28.7 Å². The Balaban J connectivity index is 1.93. The van der Waals surface area contributed by atoms with Crippen LogP contribution in [0.25, 0.3) is 0 Å². The third kappa shape index (κ3) is 2.89. The van der Waals surface area contributed by atoms with E-state index in [1.165, 1.54) is 12.7 Å². The van der Waals surface area contributed by atoms with Crippen molar-refractivity contribution in [3.63, 3.8) is 0 Å². The normalized spacial score (nSPS) is 24.2. The summed E-state index contributed by atoms with van der Waals surface area (Å²) in [5, 5.41) is 0. The van der Waals surface area contributed by atoms with Crippen molar-refractivity contribution in [2.45, 2.75) is 25.7 Å². The maximum atomic E-state index is 11.3. The van der Waals surface area contributed by atoms with Crippen LogP contribution in [0.4, 0.5) is 0 Å². The molecule has 1 saturated carbocycles. The topological polar surface area (TPSA) is 26.3 Å². The summed E-state index contributed by atoms with van der Waals surface area (Å²) in [6.45, 7) is 2.22. The molecule has 0 radical (unpaired) electrons. The Labute approximate surface area is 110 Å². The van der Waals surface area contributed by atoms with E-state index >= 15 is 0 Å². The predicted octanol–water partition coefficient (Wildman–Crippen LogP) is 3.75. The molecule has 1 aromatic carbocycles. The highest BCUT2D eigenvalue weighted by molar-refractivity contribution is 9.10. The van der Waals surface area contributed by atoms with Gasteiger partial charge in [-0.1, -0.05) is 41.1 Å². The van der Waals surface area contributed by atoms with E-state index in [-0.39, 0.29) is 11.9 Å². The molecule has 1 aliphatic rings. The first-order valence-electron chi connectivity index (χ1n) is 5.95. The minimum Gasteiger partial charge on any atom is -0.469 e. The van der Waals surface area contributed by atoms with Crippen molar-refractivity contribution in [2.75, 3.05) is 7.11 Å². The molecule has 3 heteroatoms. The Bertz CT molecular complexity index is 416. The second kappa shape index (κ2) is 5.21. The Morgan fingerprint density at radius 3 is 2.88 bits per heavy atom. The largest absolute Gasteiger partial charge is 0.469 e. The number of hydrogen-bond donors (Lipinski definition) is 0. The van der Waals surface area contributed by atoms with Crippen molar-refractivity contribution in [3.8, 4) is 0 Å². The lowest BCUT2D eigenvalue weighted by Gasteiger charge is -2.13. The van der Waals surface area contributed by atoms with Crippen LogP contribution in [-0.2, 0) is 9.53 Å². The van der Waals surface area contributed by atoms with Gasteiger partial charge in [0.15, 0.2) is 0 Å². The lowest BCUT2D eigenvalue weighted by Crippen LogP contribution is -2.06. The van der Waals surface area contributed by atoms with Gasteiger partial charge in [0, 0.05) is 4.47 Å². The van der Waals surface area contributed by atoms with Gasteiger partial charge < -0.3 is 4.74 Å². The fourth-order valence-corrected chi connectivity index (χ4v) is 3.08. The highest BCUT2D eigenvalue weighted by Crippen LogP contribution is 2.46. The second-order valence-electron chi connectivity index (χ2n) is 4.78. The SMILES string of the molecule is COC(=O)C1CC1CC(C)c1ccccc1Br. The van der Waals surface area contributed by atoms with Crippen LogP contribution in [0.3, 0.4) is 0 Å². The molecule has 0 amide bonds. The number of hydrogen-bond acceptors (Lipinski definition) is 2. The standard InChI is InChI=1S/C14H17BrO2/c1-9(11-5-3-4-6-13(11)15)7-10-8-12(10)14(16)17-2/h3-6,9-10,12H,7-8H2,1-2H3. The molecule has 0 aromatic heterocycles. The minimum atomic E-state index is -0.0469. The lowest BCUT2D eigenvalue weighted by molar-refractivity contribution is -0.142. The molecule has 2 nitrogen and oxygen atoms in total. The minimum absolute atomic E-state index is 0.0469. The molecular formula is C14H17BrO2. The van der Waals surface area contributed by atoms with E-state index in [1.807, 2.05) is 6.07 Å². The van der Waals surface area contributed by atoms with Gasteiger partial charge in [0.1, 0.15) is 0 Å². The van der Waals surface area contributed by atoms with Crippen molar-refractivity contribution < 1.29 is 9.53 Å². The molecular weight excluding hydrogens is 280 g/mol. The molecule has 3 atom stereocenters. The van der Waals surface area contributed by atoms with Crippen molar-refractivity contribution >= 4 is 21.9 Å². The van der Waals surface area contributed by atoms with Crippen LogP contribution in [0, 0.1) is 11.8 Å². The molecule has 2 rings (SSSR count). The zero-order valence-electron chi connectivity index (χ0n) is 10.2. The van der Waals surface area contributed by atoms with E-state index in [0.29, 0.717) is 11.8 Å². The number of carbonyl (C=O) groups is 1. The van der Waals surface area contributed by atoms with Gasteiger partial charge in [-0.2, -0.15) is 0 Å². The maximum Gasteiger partial charge on any atom is 0.308 e. The monoisotopic (exact) mass is 296 g/mol. The molecule has 0 bridgehead atoms. The molecule has 0 spiro atoms. The average Bonchev–Trinajstić information content (AvgIpc) is 3.07. The summed E-state index contributed by atoms with van der Waals surface area (Å²) in [6, 6.07) is 8.29. The van der Waals surface area contributed by atoms with Crippen LogP contribution in [-0.4, -0.2) is 13.1 Å². The van der Waals surface area contributed by atoms with Crippen molar-refractivity contribution in [2.24, 2.45) is 11.8 Å². The molecule has 1 fully saturated rings. The Morgan fingerprint density at radius 2 is 2.24 bits per heavy atom. The molecule has 1 aliphatic carbocycles. The number of methoxy groups -OCH3 is 1. The summed E-state index contributed by atoms with van der Waals surface area (Å²) in [6.07, 6.45) is 2.05. The first-order valence-corrected chi connectivity index (χ1v) is 6.75. The quantitative estimate of drug-likeness (QED) is 0.791. The first-order chi connectivity index (χ1) is 8.13. The van der Waals surface area contributed by atoms with Gasteiger partial charge in [0.05, 0.1) is 13.0 Å². The molecule has 1 aromatic rings. The van der Waals surface area contributed by atoms with E-state index in [9.17, 15) is 4.79 Å². The molecule has 0 aliphatic heterocycles. The number of benzene rings is 1. The molecule has 0 N–H and O–H groups in total. The van der Waals surface area contributed by atoms with Gasteiger partial charge in [-0.3, -0.25) is 4.79 Å². The Morgan fingerprint density at radius 1 is 1.53 bits per heavy atom. The summed E-state index contributed by atoms with van der Waals surface area (Å²) >= 11 is 3.57. The van der Waals surface area contributed by atoms with Crippen molar-refractivity contribution in [3.05, 3.63) is 34.3 Å². The molecule has 17 heavy (non-hydrogen) atoms. The van der Waals surface area contributed by atoms with Crippen LogP contribution in [0.2, 0.25) is 0 Å². The number of ether oxygens (including phenoxy) is 1. The van der Waals surface area contributed by atoms with Gasteiger partial charge in [-0.25, -0.2) is 0 Å². The molecule has 0 heterocycles. The number of carbonyl (C=O) groups excluding carboxylic acids is 1. The fourth-order valence-electron chi connectivity index (χ4n) is 2.40. The van der Waals surface area contributed by atoms with Crippen LogP contribution in [0.1, 0.15) is 31.2 Å². The van der Waals surface area contributed by atoms with Crippen molar-refractivity contribution in [1.29, 1.82) is 0 Å². The summed E-state index contributed by atoms with van der Waals surface area (Å²) in [4.78, 5) is 11.3. The third-order valence-electron chi connectivity index (χ3n) is 3.52. The number of halogens is 1. The van der Waals surface area contributed by atoms with Gasteiger partial charge in [-0.05, 0) is 36.3 Å². The zero-order valence-corrected chi connectivity index (χ0v) is 11.7. The van der Waals surface area contributed by atoms with Gasteiger partial charge >= 0.3 is 5.97 Å². The summed E-state index contributed by atoms with van der Waals surface area (Å²) in [7, 11) is 1.47. The van der Waals surface area contributed by atoms with Crippen LogP contribution in [0.5, 0.6) is 0 Å². The summed E-state index contributed by atoms with van der Waals surface area (Å²) in [5.41, 5.74) is 1.32. The molecule has 0 saturated heterocycles. The van der Waals surface area contributed by atoms with Gasteiger partial charge in [0.25, 0.3) is 0 Å². The predicted molar refractivity (Wildman–Crippen MR) is 70.8 cm³/mol. The Kier molecular flexibility index (Phi) is 3.87. The maximum absolute atomic E-state index is 11.3. The highest BCUT2D eigenvalue weighted by atomic mass is 79.9. The number of rotatable bonds is 4. The summed E-state index contributed by atoms with van der Waals surface area (Å²) in [5.74, 6) is 1.08. The van der Waals surface area contributed by atoms with E-state index in [1.54, 1.807) is 0 Å². The summed E-state index contributed by atoms with van der Waals surface area (Å²) < 4.78 is 5.92. The molecule has 3 unspecified atom stereocenters.